The first-order valence-corrected chi connectivity index (χ1v) is 9.91. The van der Waals surface area contributed by atoms with Gasteiger partial charge in [-0.05, 0) is 49.5 Å². The number of carbonyl (C=O) groups excluding carboxylic acids is 1. The summed E-state index contributed by atoms with van der Waals surface area (Å²) >= 11 is 0. The van der Waals surface area contributed by atoms with Crippen LogP contribution >= 0.6 is 0 Å². The molecule has 1 N–H and O–H groups in total. The van der Waals surface area contributed by atoms with E-state index in [1.807, 2.05) is 56.6 Å². The van der Waals surface area contributed by atoms with Crippen LogP contribution in [0.3, 0.4) is 0 Å². The van der Waals surface area contributed by atoms with Crippen LogP contribution in [0.15, 0.2) is 79.1 Å². The molecule has 0 radical (unpaired) electrons. The van der Waals surface area contributed by atoms with Crippen molar-refractivity contribution in [3.63, 3.8) is 0 Å². The second-order valence-corrected chi connectivity index (χ2v) is 7.55. The van der Waals surface area contributed by atoms with Crippen molar-refractivity contribution in [3.8, 4) is 11.3 Å². The zero-order valence-corrected chi connectivity index (χ0v) is 17.2. The number of amides is 1. The monoisotopic (exact) mass is 396 g/mol. The normalized spacial score (nSPS) is 11.0. The molecule has 2 aromatic heterocycles. The maximum atomic E-state index is 13.1. The number of rotatable bonds is 6. The Morgan fingerprint density at radius 2 is 1.73 bits per heavy atom. The minimum absolute atomic E-state index is 0.115. The molecule has 2 heterocycles. The Labute approximate surface area is 176 Å². The predicted octanol–water partition coefficient (Wildman–Crippen LogP) is 4.29. The van der Waals surface area contributed by atoms with Gasteiger partial charge < -0.3 is 10.2 Å². The molecular weight excluding hydrogens is 372 g/mol. The lowest BCUT2D eigenvalue weighted by Gasteiger charge is -2.12. The number of nitrogens with one attached hydrogen (secondary N) is 1. The maximum Gasteiger partial charge on any atom is 0.252 e. The largest absolute Gasteiger partial charge is 0.348 e. The van der Waals surface area contributed by atoms with Gasteiger partial charge in [-0.1, -0.05) is 42.5 Å². The Morgan fingerprint density at radius 1 is 0.967 bits per heavy atom. The van der Waals surface area contributed by atoms with Crippen molar-refractivity contribution >= 4 is 16.8 Å². The van der Waals surface area contributed by atoms with Gasteiger partial charge in [-0.15, -0.1) is 0 Å². The number of para-hydroxylation sites is 1. The zero-order chi connectivity index (χ0) is 20.9. The van der Waals surface area contributed by atoms with E-state index < -0.39 is 0 Å². The molecule has 30 heavy (non-hydrogen) atoms. The molecule has 0 atom stereocenters. The second-order valence-electron chi connectivity index (χ2n) is 7.55. The van der Waals surface area contributed by atoms with Crippen LogP contribution in [0.5, 0.6) is 0 Å². The van der Waals surface area contributed by atoms with Crippen molar-refractivity contribution < 1.29 is 4.79 Å². The number of nitrogens with zero attached hydrogens (tertiary/aromatic N) is 3. The first kappa shape index (κ1) is 19.7. The molecular formula is C25H24N4O. The summed E-state index contributed by atoms with van der Waals surface area (Å²) in [5.41, 5.74) is 5.34. The van der Waals surface area contributed by atoms with Crippen LogP contribution in [-0.2, 0) is 13.1 Å². The van der Waals surface area contributed by atoms with Crippen molar-refractivity contribution in [2.75, 3.05) is 14.1 Å². The van der Waals surface area contributed by atoms with Crippen molar-refractivity contribution in [2.45, 2.75) is 13.1 Å². The standard InChI is InChI=1S/C25H24N4O/c1-29(2)17-19-11-9-18(10-12-19)15-27-25(30)22-14-24(20-6-5-13-26-16-20)28-23-8-4-3-7-21(22)23/h3-14,16H,15,17H2,1-2H3,(H,27,30). The molecule has 0 saturated carbocycles. The molecule has 0 aliphatic heterocycles. The minimum Gasteiger partial charge on any atom is -0.348 e. The smallest absolute Gasteiger partial charge is 0.252 e. The molecule has 0 saturated heterocycles. The van der Waals surface area contributed by atoms with E-state index in [4.69, 9.17) is 4.98 Å². The number of pyridine rings is 2. The highest BCUT2D eigenvalue weighted by Gasteiger charge is 2.14. The Bertz CT molecular complexity index is 1150. The number of hydrogen-bond donors (Lipinski definition) is 1. The average Bonchev–Trinajstić information content (AvgIpc) is 2.78. The molecule has 4 aromatic rings. The summed E-state index contributed by atoms with van der Waals surface area (Å²) in [7, 11) is 4.10. The minimum atomic E-state index is -0.115. The summed E-state index contributed by atoms with van der Waals surface area (Å²) in [6, 6.07) is 21.7. The van der Waals surface area contributed by atoms with Crippen LogP contribution < -0.4 is 5.32 Å². The lowest BCUT2D eigenvalue weighted by atomic mass is 10.0. The molecule has 0 fully saturated rings. The first-order valence-electron chi connectivity index (χ1n) is 9.91. The summed E-state index contributed by atoms with van der Waals surface area (Å²) in [5.74, 6) is -0.115. The maximum absolute atomic E-state index is 13.1. The fourth-order valence-electron chi connectivity index (χ4n) is 3.43. The first-order chi connectivity index (χ1) is 14.6. The number of aromatic nitrogens is 2. The molecule has 4 rings (SSSR count). The lowest BCUT2D eigenvalue weighted by molar-refractivity contribution is 0.0952. The molecule has 0 bridgehead atoms. The Morgan fingerprint density at radius 3 is 2.47 bits per heavy atom. The van der Waals surface area contributed by atoms with Crippen molar-refractivity contribution in [1.82, 2.24) is 20.2 Å². The van der Waals surface area contributed by atoms with Gasteiger partial charge in [0, 0.05) is 36.4 Å². The van der Waals surface area contributed by atoms with E-state index in [0.717, 1.165) is 34.3 Å². The molecule has 2 aromatic carbocycles. The van der Waals surface area contributed by atoms with E-state index in [1.165, 1.54) is 5.56 Å². The van der Waals surface area contributed by atoms with E-state index >= 15 is 0 Å². The van der Waals surface area contributed by atoms with Crippen LogP contribution in [0.25, 0.3) is 22.2 Å². The van der Waals surface area contributed by atoms with Gasteiger partial charge in [0.05, 0.1) is 16.8 Å². The van der Waals surface area contributed by atoms with Crippen molar-refractivity contribution in [1.29, 1.82) is 0 Å². The highest BCUT2D eigenvalue weighted by molar-refractivity contribution is 6.07. The fraction of sp³-hybridized carbons (Fsp3) is 0.160. The Hall–Kier alpha value is -3.57. The number of hydrogen-bond acceptors (Lipinski definition) is 4. The van der Waals surface area contributed by atoms with Gasteiger partial charge in [-0.25, -0.2) is 4.98 Å². The number of carbonyl (C=O) groups is 1. The van der Waals surface area contributed by atoms with Crippen molar-refractivity contribution in [3.05, 3.63) is 95.8 Å². The van der Waals surface area contributed by atoms with Gasteiger partial charge in [0.2, 0.25) is 0 Å². The molecule has 5 nitrogen and oxygen atoms in total. The van der Waals surface area contributed by atoms with Crippen LogP contribution in [0.1, 0.15) is 21.5 Å². The van der Waals surface area contributed by atoms with Crippen LogP contribution in [0.4, 0.5) is 0 Å². The van der Waals surface area contributed by atoms with Crippen LogP contribution in [0.2, 0.25) is 0 Å². The fourth-order valence-corrected chi connectivity index (χ4v) is 3.43. The third-order valence-electron chi connectivity index (χ3n) is 4.89. The topological polar surface area (TPSA) is 58.1 Å². The zero-order valence-electron chi connectivity index (χ0n) is 17.2. The average molecular weight is 396 g/mol. The molecule has 0 spiro atoms. The summed E-state index contributed by atoms with van der Waals surface area (Å²) in [4.78, 5) is 24.1. The molecule has 5 heteroatoms. The highest BCUT2D eigenvalue weighted by Crippen LogP contribution is 2.24. The molecule has 0 unspecified atom stereocenters. The quantitative estimate of drug-likeness (QED) is 0.528. The predicted molar refractivity (Wildman–Crippen MR) is 120 cm³/mol. The number of fused-ring (bicyclic) bond motifs is 1. The number of benzene rings is 2. The van der Waals surface area contributed by atoms with E-state index in [1.54, 1.807) is 12.4 Å². The summed E-state index contributed by atoms with van der Waals surface area (Å²) in [6.45, 7) is 1.37. The van der Waals surface area contributed by atoms with E-state index in [2.05, 4.69) is 39.5 Å². The van der Waals surface area contributed by atoms with Gasteiger partial charge in [-0.2, -0.15) is 0 Å². The highest BCUT2D eigenvalue weighted by atomic mass is 16.1. The molecule has 0 aliphatic rings. The summed E-state index contributed by atoms with van der Waals surface area (Å²) < 4.78 is 0. The van der Waals surface area contributed by atoms with Gasteiger partial charge in [0.25, 0.3) is 5.91 Å². The van der Waals surface area contributed by atoms with Gasteiger partial charge >= 0.3 is 0 Å². The van der Waals surface area contributed by atoms with E-state index in [-0.39, 0.29) is 5.91 Å². The van der Waals surface area contributed by atoms with Crippen molar-refractivity contribution in [2.24, 2.45) is 0 Å². The molecule has 150 valence electrons. The molecule has 0 aliphatic carbocycles. The molecule has 1 amide bonds. The lowest BCUT2D eigenvalue weighted by Crippen LogP contribution is -2.23. The second kappa shape index (κ2) is 8.84. The van der Waals surface area contributed by atoms with Gasteiger partial charge in [0.1, 0.15) is 0 Å². The SMILES string of the molecule is CN(C)Cc1ccc(CNC(=O)c2cc(-c3cccnc3)nc3ccccc23)cc1. The Kier molecular flexibility index (Phi) is 5.82. The van der Waals surface area contributed by atoms with Gasteiger partial charge in [0.15, 0.2) is 0 Å². The van der Waals surface area contributed by atoms with Crippen LogP contribution in [-0.4, -0.2) is 34.9 Å². The summed E-state index contributed by atoms with van der Waals surface area (Å²) in [5, 5.41) is 3.89. The van der Waals surface area contributed by atoms with E-state index in [0.29, 0.717) is 12.1 Å². The summed E-state index contributed by atoms with van der Waals surface area (Å²) in [6.07, 6.45) is 3.48. The van der Waals surface area contributed by atoms with Gasteiger partial charge in [-0.3, -0.25) is 9.78 Å². The van der Waals surface area contributed by atoms with E-state index in [9.17, 15) is 4.79 Å². The Balaban J connectivity index is 1.58. The van der Waals surface area contributed by atoms with Crippen LogP contribution in [0, 0.1) is 0 Å². The third kappa shape index (κ3) is 4.53. The third-order valence-corrected chi connectivity index (χ3v) is 4.89.